The Morgan fingerprint density at radius 3 is 2.31 bits per heavy atom. The van der Waals surface area contributed by atoms with Crippen LogP contribution in [0.4, 0.5) is 20.2 Å². The van der Waals surface area contributed by atoms with Crippen LogP contribution in [0.1, 0.15) is 17.3 Å². The molecule has 0 saturated heterocycles. The number of benzene rings is 4. The Morgan fingerprint density at radius 1 is 0.861 bits per heavy atom. The molecule has 5 rings (SSSR count). The molecule has 6 nitrogen and oxygen atoms in total. The lowest BCUT2D eigenvalue weighted by Crippen LogP contribution is -2.15. The predicted molar refractivity (Wildman–Crippen MR) is 137 cm³/mol. The quantitative estimate of drug-likeness (QED) is 0.291. The van der Waals surface area contributed by atoms with E-state index in [1.165, 1.54) is 24.3 Å². The van der Waals surface area contributed by atoms with E-state index in [1.807, 2.05) is 37.3 Å². The minimum absolute atomic E-state index is 0.133. The van der Waals surface area contributed by atoms with Gasteiger partial charge in [0.15, 0.2) is 0 Å². The molecule has 0 atom stereocenters. The van der Waals surface area contributed by atoms with E-state index in [9.17, 15) is 22.0 Å². The third-order valence-corrected chi connectivity index (χ3v) is 7.33. The number of fused-ring (bicyclic) bond motifs is 3. The highest BCUT2D eigenvalue weighted by molar-refractivity contribution is 7.92. The summed E-state index contributed by atoms with van der Waals surface area (Å²) in [7, 11) is -4.11. The summed E-state index contributed by atoms with van der Waals surface area (Å²) in [6.07, 6.45) is 0. The maximum absolute atomic E-state index is 14.7. The number of carbonyl (C=O) groups excluding carboxylic acids is 1. The molecular formula is C27H21F2N3O3S. The summed E-state index contributed by atoms with van der Waals surface area (Å²) in [4.78, 5) is 12.0. The van der Waals surface area contributed by atoms with Crippen molar-refractivity contribution in [2.75, 3.05) is 10.0 Å². The van der Waals surface area contributed by atoms with E-state index in [0.717, 1.165) is 46.5 Å². The number of nitrogens with zero attached hydrogens (tertiary/aromatic N) is 1. The fraction of sp³-hybridized carbons (Fsp3) is 0.0741. The molecule has 0 radical (unpaired) electrons. The lowest BCUT2D eigenvalue weighted by molar-refractivity contribution is 0.102. The number of para-hydroxylation sites is 1. The van der Waals surface area contributed by atoms with Gasteiger partial charge in [0.25, 0.3) is 15.9 Å². The van der Waals surface area contributed by atoms with Gasteiger partial charge >= 0.3 is 0 Å². The zero-order valence-electron chi connectivity index (χ0n) is 19.1. The summed E-state index contributed by atoms with van der Waals surface area (Å²) >= 11 is 0. The van der Waals surface area contributed by atoms with Crippen molar-refractivity contribution in [1.29, 1.82) is 0 Å². The molecule has 0 aliphatic rings. The molecule has 0 bridgehead atoms. The Morgan fingerprint density at radius 2 is 1.58 bits per heavy atom. The zero-order chi connectivity index (χ0) is 25.4. The molecule has 1 amide bonds. The van der Waals surface area contributed by atoms with E-state index in [2.05, 4.69) is 14.6 Å². The van der Waals surface area contributed by atoms with Crippen LogP contribution < -0.4 is 10.0 Å². The molecule has 0 aliphatic heterocycles. The van der Waals surface area contributed by atoms with Gasteiger partial charge < -0.3 is 9.88 Å². The number of aryl methyl sites for hydroxylation is 1. The number of hydrogen-bond acceptors (Lipinski definition) is 3. The van der Waals surface area contributed by atoms with Gasteiger partial charge in [-0.05, 0) is 73.7 Å². The number of hydrogen-bond donors (Lipinski definition) is 2. The summed E-state index contributed by atoms with van der Waals surface area (Å²) < 4.78 is 58.4. The van der Waals surface area contributed by atoms with Crippen molar-refractivity contribution in [3.8, 4) is 0 Å². The second kappa shape index (κ2) is 9.09. The topological polar surface area (TPSA) is 80.2 Å². The highest BCUT2D eigenvalue weighted by atomic mass is 32.2. The van der Waals surface area contributed by atoms with Crippen LogP contribution in [-0.2, 0) is 16.6 Å². The van der Waals surface area contributed by atoms with Gasteiger partial charge in [0.05, 0.1) is 10.6 Å². The van der Waals surface area contributed by atoms with Crippen molar-refractivity contribution in [1.82, 2.24) is 4.57 Å². The van der Waals surface area contributed by atoms with E-state index < -0.39 is 27.6 Å². The van der Waals surface area contributed by atoms with Crippen molar-refractivity contribution in [3.63, 3.8) is 0 Å². The van der Waals surface area contributed by atoms with E-state index >= 15 is 0 Å². The largest absolute Gasteiger partial charge is 0.341 e. The lowest BCUT2D eigenvalue weighted by Gasteiger charge is -2.11. The van der Waals surface area contributed by atoms with Crippen molar-refractivity contribution in [2.24, 2.45) is 0 Å². The smallest absolute Gasteiger partial charge is 0.261 e. The van der Waals surface area contributed by atoms with Gasteiger partial charge in [0.2, 0.25) is 0 Å². The predicted octanol–water partition coefficient (Wildman–Crippen LogP) is 6.15. The van der Waals surface area contributed by atoms with E-state index in [0.29, 0.717) is 5.69 Å². The number of sulfonamides is 1. The summed E-state index contributed by atoms with van der Waals surface area (Å²) in [5.41, 5.74) is 2.31. The third kappa shape index (κ3) is 4.29. The molecule has 2 N–H and O–H groups in total. The number of halogens is 2. The van der Waals surface area contributed by atoms with Crippen molar-refractivity contribution < 1.29 is 22.0 Å². The molecule has 36 heavy (non-hydrogen) atoms. The lowest BCUT2D eigenvalue weighted by atomic mass is 10.1. The second-order valence-corrected chi connectivity index (χ2v) is 9.88. The van der Waals surface area contributed by atoms with Crippen LogP contribution in [-0.4, -0.2) is 18.9 Å². The molecule has 4 aromatic carbocycles. The van der Waals surface area contributed by atoms with Gasteiger partial charge in [-0.2, -0.15) is 0 Å². The Bertz CT molecular complexity index is 1730. The van der Waals surface area contributed by atoms with Crippen LogP contribution >= 0.6 is 0 Å². The number of nitrogens with one attached hydrogen (secondary N) is 2. The molecule has 1 heterocycles. The third-order valence-electron chi connectivity index (χ3n) is 5.95. The average Bonchev–Trinajstić information content (AvgIpc) is 3.18. The fourth-order valence-electron chi connectivity index (χ4n) is 4.23. The van der Waals surface area contributed by atoms with Crippen LogP contribution in [0, 0.1) is 11.6 Å². The normalized spacial score (nSPS) is 11.6. The Labute approximate surface area is 206 Å². The standard InChI is InChI=1S/C27H21F2N3O3S/c1-2-32-25-6-4-3-5-21(25)22-15-19(11-14-26(22)32)31-36(34,35)20-12-13-24(23(29)16-20)30-27(33)17-7-9-18(28)10-8-17/h3-16,31H,2H2,1H3,(H,30,33). The molecule has 0 spiro atoms. The molecule has 0 fully saturated rings. The van der Waals surface area contributed by atoms with Crippen LogP contribution in [0.3, 0.4) is 0 Å². The van der Waals surface area contributed by atoms with Gasteiger partial charge in [-0.15, -0.1) is 0 Å². The molecular weight excluding hydrogens is 484 g/mol. The Hall–Kier alpha value is -4.24. The Kier molecular flexibility index (Phi) is 5.93. The number of anilines is 2. The van der Waals surface area contributed by atoms with Crippen molar-refractivity contribution >= 4 is 49.1 Å². The minimum Gasteiger partial charge on any atom is -0.341 e. The maximum Gasteiger partial charge on any atom is 0.261 e. The van der Waals surface area contributed by atoms with Crippen LogP contribution in [0.5, 0.6) is 0 Å². The first-order valence-corrected chi connectivity index (χ1v) is 12.7. The average molecular weight is 506 g/mol. The highest BCUT2D eigenvalue weighted by Crippen LogP contribution is 2.32. The Balaban J connectivity index is 1.41. The van der Waals surface area contributed by atoms with Gasteiger partial charge in [0.1, 0.15) is 11.6 Å². The highest BCUT2D eigenvalue weighted by Gasteiger charge is 2.19. The van der Waals surface area contributed by atoms with Gasteiger partial charge in [-0.1, -0.05) is 18.2 Å². The SMILES string of the molecule is CCn1c2ccccc2c2cc(NS(=O)(=O)c3ccc(NC(=O)c4ccc(F)cc4)c(F)c3)ccc21. The van der Waals surface area contributed by atoms with E-state index in [1.54, 1.807) is 12.1 Å². The number of rotatable bonds is 6. The first-order valence-electron chi connectivity index (χ1n) is 11.2. The fourth-order valence-corrected chi connectivity index (χ4v) is 5.29. The molecule has 9 heteroatoms. The summed E-state index contributed by atoms with van der Waals surface area (Å²) in [5.74, 6) is -2.08. The summed E-state index contributed by atoms with van der Waals surface area (Å²) in [5, 5.41) is 4.27. The number of carbonyl (C=O) groups is 1. The van der Waals surface area contributed by atoms with E-state index in [-0.39, 0.29) is 16.1 Å². The first-order chi connectivity index (χ1) is 17.3. The molecule has 0 saturated carbocycles. The summed E-state index contributed by atoms with van der Waals surface area (Å²) in [6.45, 7) is 2.81. The van der Waals surface area contributed by atoms with Gasteiger partial charge in [-0.3, -0.25) is 9.52 Å². The van der Waals surface area contributed by atoms with Crippen LogP contribution in [0.15, 0.2) is 89.8 Å². The molecule has 5 aromatic rings. The second-order valence-electron chi connectivity index (χ2n) is 8.20. The number of aromatic nitrogens is 1. The minimum atomic E-state index is -4.11. The van der Waals surface area contributed by atoms with Gasteiger partial charge in [-0.25, -0.2) is 17.2 Å². The van der Waals surface area contributed by atoms with Gasteiger partial charge in [0, 0.05) is 39.6 Å². The molecule has 1 aromatic heterocycles. The maximum atomic E-state index is 14.7. The molecule has 0 unspecified atom stereocenters. The van der Waals surface area contributed by atoms with Crippen LogP contribution in [0.25, 0.3) is 21.8 Å². The first kappa shape index (κ1) is 23.5. The molecule has 182 valence electrons. The van der Waals surface area contributed by atoms with Crippen LogP contribution in [0.2, 0.25) is 0 Å². The van der Waals surface area contributed by atoms with E-state index in [4.69, 9.17) is 0 Å². The summed E-state index contributed by atoms with van der Waals surface area (Å²) in [6, 6.07) is 21.1. The zero-order valence-corrected chi connectivity index (χ0v) is 19.9. The molecule has 0 aliphatic carbocycles. The van der Waals surface area contributed by atoms with Crippen molar-refractivity contribution in [2.45, 2.75) is 18.4 Å². The number of amides is 1. The van der Waals surface area contributed by atoms with Crippen molar-refractivity contribution in [3.05, 3.63) is 102 Å². The monoisotopic (exact) mass is 505 g/mol.